The van der Waals surface area contributed by atoms with E-state index in [0.29, 0.717) is 6.04 Å². The van der Waals surface area contributed by atoms with Gasteiger partial charge in [-0.2, -0.15) is 0 Å². The number of likely N-dealkylation sites (tertiary alicyclic amines) is 1. The summed E-state index contributed by atoms with van der Waals surface area (Å²) in [5.74, 6) is 0. The number of hydrogen-bond donors (Lipinski definition) is 0. The van der Waals surface area contributed by atoms with E-state index in [4.69, 9.17) is 9.47 Å². The van der Waals surface area contributed by atoms with Gasteiger partial charge in [-0.05, 0) is 36.1 Å². The molecule has 3 heterocycles. The van der Waals surface area contributed by atoms with Crippen LogP contribution in [-0.4, -0.2) is 37.2 Å². The Morgan fingerprint density at radius 3 is 2.68 bits per heavy atom. The third-order valence-electron chi connectivity index (χ3n) is 4.81. The quantitative estimate of drug-likeness (QED) is 0.793. The van der Waals surface area contributed by atoms with Gasteiger partial charge in [0.2, 0.25) is 0 Å². The second-order valence-corrected chi connectivity index (χ2v) is 6.73. The molecule has 0 aliphatic carbocycles. The fourth-order valence-corrected chi connectivity index (χ4v) is 3.85. The van der Waals surface area contributed by atoms with Crippen molar-refractivity contribution >= 4 is 15.9 Å². The molecule has 0 atom stereocenters. The highest BCUT2D eigenvalue weighted by molar-refractivity contribution is 9.10. The monoisotopic (exact) mass is 323 g/mol. The molecule has 102 valence electrons. The van der Waals surface area contributed by atoms with Crippen LogP contribution in [0.2, 0.25) is 0 Å². The molecule has 1 aromatic rings. The van der Waals surface area contributed by atoms with Gasteiger partial charge in [-0.25, -0.2) is 0 Å². The molecule has 0 N–H and O–H groups in total. The first kappa shape index (κ1) is 12.3. The molecule has 1 spiro atoms. The predicted molar refractivity (Wildman–Crippen MR) is 76.0 cm³/mol. The number of fused-ring (bicyclic) bond motifs is 2. The molecule has 0 radical (unpaired) electrons. The molecule has 0 unspecified atom stereocenters. The van der Waals surface area contributed by atoms with Gasteiger partial charge in [0.05, 0.1) is 31.5 Å². The summed E-state index contributed by atoms with van der Waals surface area (Å²) in [5, 5.41) is 0. The van der Waals surface area contributed by atoms with Gasteiger partial charge < -0.3 is 9.47 Å². The van der Waals surface area contributed by atoms with E-state index in [1.54, 1.807) is 0 Å². The SMILES string of the molecule is Brc1ccc2c(c1)C1(CCN(C3COC3)CC1)OC2. The molecular weight excluding hydrogens is 306 g/mol. The Hall–Kier alpha value is -0.420. The van der Waals surface area contributed by atoms with Crippen molar-refractivity contribution in [3.8, 4) is 0 Å². The summed E-state index contributed by atoms with van der Waals surface area (Å²) >= 11 is 3.59. The maximum Gasteiger partial charge on any atom is 0.0964 e. The van der Waals surface area contributed by atoms with Gasteiger partial charge in [-0.1, -0.05) is 22.0 Å². The molecule has 0 amide bonds. The Morgan fingerprint density at radius 1 is 1.21 bits per heavy atom. The van der Waals surface area contributed by atoms with E-state index in [9.17, 15) is 0 Å². The molecule has 2 saturated heterocycles. The van der Waals surface area contributed by atoms with Gasteiger partial charge in [-0.3, -0.25) is 4.90 Å². The Kier molecular flexibility index (Phi) is 2.95. The van der Waals surface area contributed by atoms with E-state index in [0.717, 1.165) is 50.2 Å². The lowest BCUT2D eigenvalue weighted by atomic mass is 9.83. The van der Waals surface area contributed by atoms with Crippen LogP contribution in [0.1, 0.15) is 24.0 Å². The summed E-state index contributed by atoms with van der Waals surface area (Å²) in [7, 11) is 0. The maximum atomic E-state index is 6.21. The minimum atomic E-state index is -0.0276. The molecule has 3 nitrogen and oxygen atoms in total. The van der Waals surface area contributed by atoms with Crippen LogP contribution >= 0.6 is 15.9 Å². The van der Waals surface area contributed by atoms with Gasteiger partial charge >= 0.3 is 0 Å². The Labute approximate surface area is 122 Å². The van der Waals surface area contributed by atoms with Crippen LogP contribution in [0.25, 0.3) is 0 Å². The Balaban J connectivity index is 1.56. The number of piperidine rings is 1. The van der Waals surface area contributed by atoms with Crippen molar-refractivity contribution < 1.29 is 9.47 Å². The first-order valence-electron chi connectivity index (χ1n) is 7.01. The lowest BCUT2D eigenvalue weighted by molar-refractivity contribution is -0.119. The predicted octanol–water partition coefficient (Wildman–Crippen LogP) is 2.67. The molecule has 4 rings (SSSR count). The van der Waals surface area contributed by atoms with Crippen LogP contribution in [0, 0.1) is 0 Å². The molecule has 0 aromatic heterocycles. The maximum absolute atomic E-state index is 6.21. The minimum Gasteiger partial charge on any atom is -0.378 e. The van der Waals surface area contributed by atoms with Crippen molar-refractivity contribution in [1.82, 2.24) is 4.90 Å². The second-order valence-electron chi connectivity index (χ2n) is 5.81. The average Bonchev–Trinajstić information content (AvgIpc) is 2.69. The number of nitrogens with zero attached hydrogens (tertiary/aromatic N) is 1. The van der Waals surface area contributed by atoms with Crippen LogP contribution in [0.15, 0.2) is 22.7 Å². The normalized spacial score (nSPS) is 26.4. The molecule has 2 fully saturated rings. The molecule has 0 bridgehead atoms. The summed E-state index contributed by atoms with van der Waals surface area (Å²) in [6.45, 7) is 4.85. The van der Waals surface area contributed by atoms with Crippen molar-refractivity contribution in [2.75, 3.05) is 26.3 Å². The molecule has 4 heteroatoms. The number of rotatable bonds is 1. The first-order chi connectivity index (χ1) is 9.27. The van der Waals surface area contributed by atoms with Gasteiger partial charge in [0.15, 0.2) is 0 Å². The third kappa shape index (κ3) is 1.97. The Bertz CT molecular complexity index is 493. The zero-order valence-electron chi connectivity index (χ0n) is 10.9. The van der Waals surface area contributed by atoms with Crippen molar-refractivity contribution in [1.29, 1.82) is 0 Å². The summed E-state index contributed by atoms with van der Waals surface area (Å²) in [4.78, 5) is 2.56. The highest BCUT2D eigenvalue weighted by Crippen LogP contribution is 2.45. The zero-order valence-corrected chi connectivity index (χ0v) is 12.5. The Morgan fingerprint density at radius 2 is 2.00 bits per heavy atom. The summed E-state index contributed by atoms with van der Waals surface area (Å²) in [5.41, 5.74) is 2.75. The molecule has 1 aromatic carbocycles. The fourth-order valence-electron chi connectivity index (χ4n) is 3.49. The highest BCUT2D eigenvalue weighted by atomic mass is 79.9. The van der Waals surface area contributed by atoms with E-state index in [2.05, 4.69) is 39.0 Å². The first-order valence-corrected chi connectivity index (χ1v) is 7.81. The van der Waals surface area contributed by atoms with Gasteiger partial charge in [0, 0.05) is 17.6 Å². The van der Waals surface area contributed by atoms with Crippen LogP contribution in [-0.2, 0) is 21.7 Å². The van der Waals surface area contributed by atoms with E-state index in [-0.39, 0.29) is 5.60 Å². The van der Waals surface area contributed by atoms with Crippen molar-refractivity contribution in [2.45, 2.75) is 31.1 Å². The summed E-state index contributed by atoms with van der Waals surface area (Å²) in [6.07, 6.45) is 2.21. The highest BCUT2D eigenvalue weighted by Gasteiger charge is 2.44. The third-order valence-corrected chi connectivity index (χ3v) is 5.30. The second kappa shape index (κ2) is 4.55. The van der Waals surface area contributed by atoms with Crippen molar-refractivity contribution in [2.24, 2.45) is 0 Å². The van der Waals surface area contributed by atoms with Crippen LogP contribution in [0.4, 0.5) is 0 Å². The smallest absolute Gasteiger partial charge is 0.0964 e. The number of hydrogen-bond acceptors (Lipinski definition) is 3. The molecule has 0 saturated carbocycles. The van der Waals surface area contributed by atoms with E-state index < -0.39 is 0 Å². The number of halogens is 1. The molecule has 19 heavy (non-hydrogen) atoms. The topological polar surface area (TPSA) is 21.7 Å². The molecule has 3 aliphatic heterocycles. The van der Waals surface area contributed by atoms with E-state index >= 15 is 0 Å². The van der Waals surface area contributed by atoms with Crippen molar-refractivity contribution in [3.63, 3.8) is 0 Å². The van der Waals surface area contributed by atoms with E-state index in [1.165, 1.54) is 11.1 Å². The lowest BCUT2D eigenvalue weighted by Gasteiger charge is -2.45. The number of ether oxygens (including phenoxy) is 2. The van der Waals surface area contributed by atoms with Crippen molar-refractivity contribution in [3.05, 3.63) is 33.8 Å². The molecular formula is C15H18BrNO2. The lowest BCUT2D eigenvalue weighted by Crippen LogP contribution is -2.54. The summed E-state index contributed by atoms with van der Waals surface area (Å²) < 4.78 is 12.7. The van der Waals surface area contributed by atoms with E-state index in [1.807, 2.05) is 0 Å². The van der Waals surface area contributed by atoms with Gasteiger partial charge in [-0.15, -0.1) is 0 Å². The van der Waals surface area contributed by atoms with Crippen LogP contribution < -0.4 is 0 Å². The zero-order chi connectivity index (χ0) is 12.9. The molecule has 3 aliphatic rings. The fraction of sp³-hybridized carbons (Fsp3) is 0.600. The van der Waals surface area contributed by atoms with Gasteiger partial charge in [0.25, 0.3) is 0 Å². The largest absolute Gasteiger partial charge is 0.378 e. The van der Waals surface area contributed by atoms with Gasteiger partial charge in [0.1, 0.15) is 0 Å². The standard InChI is InChI=1S/C15H18BrNO2/c16-12-2-1-11-8-19-15(14(11)7-12)3-5-17(6-4-15)13-9-18-10-13/h1-2,7,13H,3-6,8-10H2. The number of benzene rings is 1. The average molecular weight is 324 g/mol. The van der Waals surface area contributed by atoms with Crippen LogP contribution in [0.5, 0.6) is 0 Å². The summed E-state index contributed by atoms with van der Waals surface area (Å²) in [6, 6.07) is 7.22. The van der Waals surface area contributed by atoms with Crippen LogP contribution in [0.3, 0.4) is 0 Å². The minimum absolute atomic E-state index is 0.0276.